The van der Waals surface area contributed by atoms with Crippen molar-refractivity contribution in [2.24, 2.45) is 0 Å². The summed E-state index contributed by atoms with van der Waals surface area (Å²) < 4.78 is 4.73. The Morgan fingerprint density at radius 3 is 2.53 bits per heavy atom. The zero-order valence-corrected chi connectivity index (χ0v) is 10.7. The van der Waals surface area contributed by atoms with Gasteiger partial charge in [-0.3, -0.25) is 0 Å². The lowest BCUT2D eigenvalue weighted by Gasteiger charge is -2.11. The number of fused-ring (bicyclic) bond motifs is 1. The molecule has 1 N–H and O–H groups in total. The van der Waals surface area contributed by atoms with Crippen LogP contribution in [-0.4, -0.2) is 34.4 Å². The Hall–Kier alpha value is -2.50. The molecule has 1 heterocycles. The van der Waals surface area contributed by atoms with Crippen LogP contribution in [0.25, 0.3) is 10.8 Å². The number of esters is 1. The molecule has 0 radical (unpaired) electrons. The third kappa shape index (κ3) is 2.01. The number of carboxylic acids is 1. The van der Waals surface area contributed by atoms with Crippen molar-refractivity contribution in [2.75, 3.05) is 7.11 Å². The molecule has 6 heteroatoms. The molecule has 6 nitrogen and oxygen atoms in total. The minimum atomic E-state index is -1.15. The van der Waals surface area contributed by atoms with Gasteiger partial charge in [-0.1, -0.05) is 0 Å². The first-order valence-electron chi connectivity index (χ1n) is 5.54. The maximum atomic E-state index is 11.7. The number of carboxylic acid groups (broad SMARTS) is 1. The summed E-state index contributed by atoms with van der Waals surface area (Å²) in [5, 5.41) is 17.4. The minimum Gasteiger partial charge on any atom is -0.476 e. The Bertz CT molecular complexity index is 695. The summed E-state index contributed by atoms with van der Waals surface area (Å²) in [5.41, 5.74) is 1.59. The van der Waals surface area contributed by atoms with Gasteiger partial charge in [0.05, 0.1) is 18.9 Å². The smallest absolute Gasteiger partial charge is 0.357 e. The zero-order valence-electron chi connectivity index (χ0n) is 10.7. The summed E-state index contributed by atoms with van der Waals surface area (Å²) in [6, 6.07) is 1.62. The summed E-state index contributed by atoms with van der Waals surface area (Å²) in [7, 11) is 1.30. The van der Waals surface area contributed by atoms with E-state index in [2.05, 4.69) is 10.2 Å². The summed E-state index contributed by atoms with van der Waals surface area (Å²) in [5.74, 6) is -1.60. The molecule has 0 saturated heterocycles. The minimum absolute atomic E-state index is 0.125. The Balaban J connectivity index is 2.87. The van der Waals surface area contributed by atoms with Crippen molar-refractivity contribution in [1.82, 2.24) is 10.2 Å². The van der Waals surface area contributed by atoms with E-state index in [1.54, 1.807) is 19.9 Å². The Kier molecular flexibility index (Phi) is 3.16. The largest absolute Gasteiger partial charge is 0.476 e. The molecule has 0 fully saturated rings. The van der Waals surface area contributed by atoms with Crippen LogP contribution in [0.1, 0.15) is 32.0 Å². The summed E-state index contributed by atoms with van der Waals surface area (Å²) in [6.45, 7) is 3.46. The van der Waals surface area contributed by atoms with Gasteiger partial charge >= 0.3 is 11.9 Å². The molecule has 0 saturated carbocycles. The summed E-state index contributed by atoms with van der Waals surface area (Å²) in [6.07, 6.45) is 1.45. The van der Waals surface area contributed by atoms with Crippen molar-refractivity contribution in [2.45, 2.75) is 13.8 Å². The molecule has 0 aliphatic rings. The van der Waals surface area contributed by atoms with E-state index in [9.17, 15) is 9.59 Å². The van der Waals surface area contributed by atoms with Crippen molar-refractivity contribution < 1.29 is 19.4 Å². The van der Waals surface area contributed by atoms with Gasteiger partial charge in [0.15, 0.2) is 5.69 Å². The number of nitrogens with zero attached hydrogens (tertiary/aromatic N) is 2. The molecular formula is C13H12N2O4. The molecule has 2 rings (SSSR count). The van der Waals surface area contributed by atoms with E-state index in [1.807, 2.05) is 0 Å². The summed E-state index contributed by atoms with van der Waals surface area (Å²) in [4.78, 5) is 22.9. The number of aromatic carboxylic acids is 1. The lowest BCUT2D eigenvalue weighted by atomic mass is 9.96. The second kappa shape index (κ2) is 4.64. The van der Waals surface area contributed by atoms with E-state index in [-0.39, 0.29) is 5.69 Å². The number of hydrogen-bond acceptors (Lipinski definition) is 5. The fraction of sp³-hybridized carbons (Fsp3) is 0.231. The standard InChI is InChI=1S/C13H12N2O4/c1-6-4-8-9(5-14-15-11(8)12(16)17)7(2)10(6)13(18)19-3/h4-5H,1-3H3,(H,16,17). The first-order valence-corrected chi connectivity index (χ1v) is 5.54. The fourth-order valence-electron chi connectivity index (χ4n) is 2.13. The number of ether oxygens (including phenoxy) is 1. The predicted octanol–water partition coefficient (Wildman–Crippen LogP) is 1.73. The van der Waals surface area contributed by atoms with Gasteiger partial charge in [0.2, 0.25) is 0 Å². The number of rotatable bonds is 2. The van der Waals surface area contributed by atoms with Crippen molar-refractivity contribution in [3.63, 3.8) is 0 Å². The highest BCUT2D eigenvalue weighted by atomic mass is 16.5. The molecule has 1 aromatic carbocycles. The number of carbonyl (C=O) groups is 2. The number of hydrogen-bond donors (Lipinski definition) is 1. The molecule has 19 heavy (non-hydrogen) atoms. The average molecular weight is 260 g/mol. The molecule has 0 spiro atoms. The highest BCUT2D eigenvalue weighted by Gasteiger charge is 2.19. The number of aryl methyl sites for hydroxylation is 2. The second-order valence-corrected chi connectivity index (χ2v) is 4.14. The van der Waals surface area contributed by atoms with E-state index < -0.39 is 11.9 Å². The highest BCUT2D eigenvalue weighted by Crippen LogP contribution is 2.26. The van der Waals surface area contributed by atoms with Gasteiger partial charge in [-0.25, -0.2) is 9.59 Å². The topological polar surface area (TPSA) is 89.4 Å². The SMILES string of the molecule is COC(=O)c1c(C)cc2c(C(=O)O)nncc2c1C. The van der Waals surface area contributed by atoms with Crippen molar-refractivity contribution in [3.8, 4) is 0 Å². The molecule has 0 amide bonds. The molecule has 98 valence electrons. The van der Waals surface area contributed by atoms with Gasteiger partial charge in [-0.15, -0.1) is 5.10 Å². The summed E-state index contributed by atoms with van der Waals surface area (Å²) >= 11 is 0. The lowest BCUT2D eigenvalue weighted by Crippen LogP contribution is -2.09. The second-order valence-electron chi connectivity index (χ2n) is 4.14. The molecule has 0 bridgehead atoms. The van der Waals surface area contributed by atoms with Gasteiger partial charge in [0.1, 0.15) is 0 Å². The van der Waals surface area contributed by atoms with E-state index in [0.29, 0.717) is 27.5 Å². The lowest BCUT2D eigenvalue weighted by molar-refractivity contribution is 0.0598. The number of benzene rings is 1. The predicted molar refractivity (Wildman–Crippen MR) is 67.3 cm³/mol. The maximum absolute atomic E-state index is 11.7. The first-order chi connectivity index (χ1) is 8.97. The molecule has 2 aromatic rings. The van der Waals surface area contributed by atoms with Gasteiger partial charge in [-0.2, -0.15) is 5.10 Å². The Morgan fingerprint density at radius 1 is 1.26 bits per heavy atom. The monoisotopic (exact) mass is 260 g/mol. The van der Waals surface area contributed by atoms with Gasteiger partial charge < -0.3 is 9.84 Å². The highest BCUT2D eigenvalue weighted by molar-refractivity contribution is 6.06. The van der Waals surface area contributed by atoms with Crippen molar-refractivity contribution in [1.29, 1.82) is 0 Å². The van der Waals surface area contributed by atoms with Crippen LogP contribution in [0, 0.1) is 13.8 Å². The van der Waals surface area contributed by atoms with Crippen molar-refractivity contribution >= 4 is 22.7 Å². The molecular weight excluding hydrogens is 248 g/mol. The van der Waals surface area contributed by atoms with Crippen LogP contribution < -0.4 is 0 Å². The fourth-order valence-corrected chi connectivity index (χ4v) is 2.13. The molecule has 0 atom stereocenters. The van der Waals surface area contributed by atoms with E-state index in [4.69, 9.17) is 9.84 Å². The Morgan fingerprint density at radius 2 is 1.95 bits per heavy atom. The third-order valence-electron chi connectivity index (χ3n) is 3.02. The normalized spacial score (nSPS) is 10.5. The number of carbonyl (C=O) groups excluding carboxylic acids is 1. The van der Waals surface area contributed by atoms with Crippen LogP contribution in [-0.2, 0) is 4.74 Å². The van der Waals surface area contributed by atoms with Crippen molar-refractivity contribution in [3.05, 3.63) is 34.6 Å². The van der Waals surface area contributed by atoms with Crippen LogP contribution in [0.15, 0.2) is 12.3 Å². The third-order valence-corrected chi connectivity index (χ3v) is 3.02. The van der Waals surface area contributed by atoms with Crippen LogP contribution >= 0.6 is 0 Å². The zero-order chi connectivity index (χ0) is 14.2. The van der Waals surface area contributed by atoms with E-state index in [0.717, 1.165) is 0 Å². The van der Waals surface area contributed by atoms with Crippen LogP contribution in [0.5, 0.6) is 0 Å². The van der Waals surface area contributed by atoms with Crippen LogP contribution in [0.3, 0.4) is 0 Å². The van der Waals surface area contributed by atoms with Crippen LogP contribution in [0.4, 0.5) is 0 Å². The van der Waals surface area contributed by atoms with Gasteiger partial charge in [0, 0.05) is 10.8 Å². The maximum Gasteiger partial charge on any atom is 0.357 e. The van der Waals surface area contributed by atoms with E-state index in [1.165, 1.54) is 13.3 Å². The molecule has 0 aliphatic carbocycles. The van der Waals surface area contributed by atoms with Gasteiger partial charge in [0.25, 0.3) is 0 Å². The quantitative estimate of drug-likeness (QED) is 0.827. The Labute approximate surface area is 109 Å². The van der Waals surface area contributed by atoms with Crippen LogP contribution in [0.2, 0.25) is 0 Å². The van der Waals surface area contributed by atoms with E-state index >= 15 is 0 Å². The van der Waals surface area contributed by atoms with Gasteiger partial charge in [-0.05, 0) is 31.0 Å². The molecule has 1 aromatic heterocycles. The number of aromatic nitrogens is 2. The molecule has 0 aliphatic heterocycles. The average Bonchev–Trinajstić information content (AvgIpc) is 2.37. The first kappa shape index (κ1) is 12.9. The molecule has 0 unspecified atom stereocenters. The number of methoxy groups -OCH3 is 1.